The number of nitrogens with one attached hydrogen (secondary N) is 1. The molecule has 3 nitrogen and oxygen atoms in total. The lowest BCUT2D eigenvalue weighted by Gasteiger charge is -2.04. The van der Waals surface area contributed by atoms with Gasteiger partial charge in [-0.05, 0) is 31.4 Å². The van der Waals surface area contributed by atoms with Crippen LogP contribution in [0.1, 0.15) is 26.7 Å². The first-order valence-electron chi connectivity index (χ1n) is 5.14. The van der Waals surface area contributed by atoms with Crippen LogP contribution in [0, 0.1) is 5.92 Å². The molecule has 1 atom stereocenters. The Labute approximate surface area is 91.2 Å². The summed E-state index contributed by atoms with van der Waals surface area (Å²) < 4.78 is 0. The van der Waals surface area contributed by atoms with E-state index in [2.05, 4.69) is 5.32 Å². The minimum atomic E-state index is -0.109. The zero-order valence-corrected chi connectivity index (χ0v) is 9.62. The Balaban J connectivity index is 3.84. The highest BCUT2D eigenvalue weighted by Gasteiger charge is 2.04. The van der Waals surface area contributed by atoms with Crippen molar-refractivity contribution >= 4 is 11.7 Å². The van der Waals surface area contributed by atoms with Gasteiger partial charge in [-0.15, -0.1) is 0 Å². The first kappa shape index (κ1) is 13.6. The second-order valence-corrected chi connectivity index (χ2v) is 3.53. The van der Waals surface area contributed by atoms with E-state index < -0.39 is 0 Å². The predicted molar refractivity (Wildman–Crippen MR) is 61.4 cm³/mol. The number of likely N-dealkylation sites (N-methyl/N-ethyl adjacent to an activating group) is 1. The molecule has 1 N–H and O–H groups in total. The number of allylic oxidation sites excluding steroid dienone is 3. The molecule has 15 heavy (non-hydrogen) atoms. The second-order valence-electron chi connectivity index (χ2n) is 3.53. The molecular formula is C12H19NO2. The van der Waals surface area contributed by atoms with Crippen molar-refractivity contribution in [3.63, 3.8) is 0 Å². The van der Waals surface area contributed by atoms with Crippen molar-refractivity contribution in [2.75, 3.05) is 7.05 Å². The minimum absolute atomic E-state index is 0.109. The highest BCUT2D eigenvalue weighted by atomic mass is 16.1. The molecule has 0 saturated carbocycles. The van der Waals surface area contributed by atoms with Crippen LogP contribution in [0.4, 0.5) is 0 Å². The Morgan fingerprint density at radius 2 is 2.00 bits per heavy atom. The van der Waals surface area contributed by atoms with E-state index in [0.29, 0.717) is 6.42 Å². The molecule has 0 radical (unpaired) electrons. The largest absolute Gasteiger partial charge is 0.356 e. The average Bonchev–Trinajstić information content (AvgIpc) is 2.17. The number of hydrogen-bond donors (Lipinski definition) is 1. The Morgan fingerprint density at radius 1 is 1.33 bits per heavy atom. The molecule has 0 aromatic rings. The van der Waals surface area contributed by atoms with Gasteiger partial charge in [-0.2, -0.15) is 0 Å². The number of ketones is 1. The van der Waals surface area contributed by atoms with E-state index in [1.165, 1.54) is 6.08 Å². The lowest BCUT2D eigenvalue weighted by molar-refractivity contribution is -0.116. The molecule has 0 aliphatic carbocycles. The van der Waals surface area contributed by atoms with E-state index >= 15 is 0 Å². The van der Waals surface area contributed by atoms with Crippen molar-refractivity contribution in [3.8, 4) is 0 Å². The van der Waals surface area contributed by atoms with Gasteiger partial charge in [0.05, 0.1) is 0 Å². The third-order valence-corrected chi connectivity index (χ3v) is 1.96. The van der Waals surface area contributed by atoms with E-state index in [1.54, 1.807) is 25.3 Å². The highest BCUT2D eigenvalue weighted by molar-refractivity contribution is 5.89. The van der Waals surface area contributed by atoms with E-state index in [-0.39, 0.29) is 17.6 Å². The summed E-state index contributed by atoms with van der Waals surface area (Å²) in [6.45, 7) is 3.82. The molecule has 0 saturated heterocycles. The van der Waals surface area contributed by atoms with Crippen LogP contribution < -0.4 is 5.32 Å². The summed E-state index contributed by atoms with van der Waals surface area (Å²) in [5.41, 5.74) is 0. The van der Waals surface area contributed by atoms with Gasteiger partial charge in [0.15, 0.2) is 5.78 Å². The molecule has 0 aliphatic rings. The molecule has 0 bridgehead atoms. The van der Waals surface area contributed by atoms with Gasteiger partial charge in [-0.3, -0.25) is 9.59 Å². The van der Waals surface area contributed by atoms with E-state index in [0.717, 1.165) is 6.42 Å². The maximum absolute atomic E-state index is 11.2. The number of carbonyl (C=O) groups is 2. The van der Waals surface area contributed by atoms with Crippen LogP contribution >= 0.6 is 0 Å². The van der Waals surface area contributed by atoms with Crippen LogP contribution in [0.3, 0.4) is 0 Å². The normalized spacial score (nSPS) is 13.3. The van der Waals surface area contributed by atoms with Gasteiger partial charge in [0, 0.05) is 13.5 Å². The molecule has 0 fully saturated rings. The Morgan fingerprint density at radius 3 is 2.53 bits per heavy atom. The minimum Gasteiger partial charge on any atom is -0.356 e. The van der Waals surface area contributed by atoms with Crippen molar-refractivity contribution in [1.82, 2.24) is 5.32 Å². The van der Waals surface area contributed by atoms with Gasteiger partial charge >= 0.3 is 0 Å². The Hall–Kier alpha value is -1.38. The van der Waals surface area contributed by atoms with Gasteiger partial charge in [0.2, 0.25) is 5.91 Å². The van der Waals surface area contributed by atoms with Crippen LogP contribution in [-0.4, -0.2) is 18.7 Å². The fourth-order valence-corrected chi connectivity index (χ4v) is 1.17. The van der Waals surface area contributed by atoms with Gasteiger partial charge in [0.1, 0.15) is 0 Å². The number of carbonyl (C=O) groups excluding carboxylic acids is 2. The molecule has 1 unspecified atom stereocenters. The monoisotopic (exact) mass is 209 g/mol. The Bertz CT molecular complexity index is 267. The summed E-state index contributed by atoms with van der Waals surface area (Å²) in [4.78, 5) is 22.1. The van der Waals surface area contributed by atoms with Gasteiger partial charge in [-0.1, -0.05) is 19.1 Å². The summed E-state index contributed by atoms with van der Waals surface area (Å²) in [7, 11) is 1.59. The summed E-state index contributed by atoms with van der Waals surface area (Å²) >= 11 is 0. The third-order valence-electron chi connectivity index (χ3n) is 1.96. The van der Waals surface area contributed by atoms with Crippen molar-refractivity contribution in [2.24, 2.45) is 5.92 Å². The maximum atomic E-state index is 11.2. The molecule has 0 heterocycles. The summed E-state index contributed by atoms with van der Waals surface area (Å²) in [6, 6.07) is 0. The van der Waals surface area contributed by atoms with Crippen molar-refractivity contribution < 1.29 is 9.59 Å². The lowest BCUT2D eigenvalue weighted by atomic mass is 10.0. The number of rotatable bonds is 6. The average molecular weight is 209 g/mol. The molecule has 0 aliphatic heterocycles. The summed E-state index contributed by atoms with van der Waals surface area (Å²) in [6.07, 6.45) is 7.90. The molecular weight excluding hydrogens is 190 g/mol. The van der Waals surface area contributed by atoms with Crippen LogP contribution in [0.5, 0.6) is 0 Å². The van der Waals surface area contributed by atoms with E-state index in [4.69, 9.17) is 0 Å². The fourth-order valence-electron chi connectivity index (χ4n) is 1.17. The summed E-state index contributed by atoms with van der Waals surface area (Å²) in [5.74, 6) is 0.301. The quantitative estimate of drug-likeness (QED) is 0.678. The standard InChI is InChI=1S/C12H19NO2/c1-4-6-11(14)9-10(2)7-5-8-12(15)13-3/h4-6,8,10H,7,9H2,1-3H3,(H,13,15)/b6-4+,8-5+. The molecule has 0 aromatic carbocycles. The van der Waals surface area contributed by atoms with Gasteiger partial charge in [0.25, 0.3) is 0 Å². The van der Waals surface area contributed by atoms with Crippen molar-refractivity contribution in [1.29, 1.82) is 0 Å². The fraction of sp³-hybridized carbons (Fsp3) is 0.500. The molecule has 84 valence electrons. The van der Waals surface area contributed by atoms with Crippen LogP contribution in [-0.2, 0) is 9.59 Å². The first-order valence-corrected chi connectivity index (χ1v) is 5.14. The molecule has 0 spiro atoms. The molecule has 3 heteroatoms. The van der Waals surface area contributed by atoms with Gasteiger partial charge in [-0.25, -0.2) is 0 Å². The lowest BCUT2D eigenvalue weighted by Crippen LogP contribution is -2.14. The van der Waals surface area contributed by atoms with Crippen molar-refractivity contribution in [2.45, 2.75) is 26.7 Å². The van der Waals surface area contributed by atoms with Crippen molar-refractivity contribution in [3.05, 3.63) is 24.3 Å². The Kier molecular flexibility index (Phi) is 7.24. The predicted octanol–water partition coefficient (Wildman–Crippen LogP) is 1.85. The number of amides is 1. The molecule has 0 aromatic heterocycles. The smallest absolute Gasteiger partial charge is 0.243 e. The first-order chi connectivity index (χ1) is 7.10. The molecule has 1 amide bonds. The number of hydrogen-bond acceptors (Lipinski definition) is 2. The zero-order valence-electron chi connectivity index (χ0n) is 9.62. The van der Waals surface area contributed by atoms with Crippen LogP contribution in [0.25, 0.3) is 0 Å². The SMILES string of the molecule is C/C=C/C(=O)CC(C)C/C=C/C(=O)NC. The topological polar surface area (TPSA) is 46.2 Å². The van der Waals surface area contributed by atoms with Crippen LogP contribution in [0.15, 0.2) is 24.3 Å². The van der Waals surface area contributed by atoms with E-state index in [9.17, 15) is 9.59 Å². The van der Waals surface area contributed by atoms with Gasteiger partial charge < -0.3 is 5.32 Å². The van der Waals surface area contributed by atoms with E-state index in [1.807, 2.05) is 13.8 Å². The second kappa shape index (κ2) is 7.97. The third kappa shape index (κ3) is 7.67. The highest BCUT2D eigenvalue weighted by Crippen LogP contribution is 2.09. The van der Waals surface area contributed by atoms with Crippen LogP contribution in [0.2, 0.25) is 0 Å². The maximum Gasteiger partial charge on any atom is 0.243 e. The summed E-state index contributed by atoms with van der Waals surface area (Å²) in [5, 5.41) is 2.50. The molecule has 0 rings (SSSR count). The zero-order chi connectivity index (χ0) is 11.7.